The van der Waals surface area contributed by atoms with Crippen molar-refractivity contribution < 1.29 is 4.79 Å². The zero-order chi connectivity index (χ0) is 19.3. The smallest absolute Gasteiger partial charge is 0.239 e. The molecule has 8 heteroatoms. The molecule has 3 atom stereocenters. The molecule has 28 heavy (non-hydrogen) atoms. The molecule has 1 amide bonds. The Hall–Kier alpha value is -2.42. The van der Waals surface area contributed by atoms with Crippen molar-refractivity contribution in [2.75, 3.05) is 12.0 Å². The molecule has 3 heterocycles. The molecule has 0 saturated carbocycles. The van der Waals surface area contributed by atoms with Gasteiger partial charge in [-0.2, -0.15) is 11.8 Å². The molecule has 7 nitrogen and oxygen atoms in total. The van der Waals surface area contributed by atoms with Crippen molar-refractivity contribution in [1.29, 1.82) is 0 Å². The van der Waals surface area contributed by atoms with E-state index >= 15 is 0 Å². The molecule has 1 aliphatic rings. The molecular weight excluding hydrogens is 372 g/mol. The highest BCUT2D eigenvalue weighted by Crippen LogP contribution is 2.23. The van der Waals surface area contributed by atoms with E-state index in [9.17, 15) is 4.79 Å². The Morgan fingerprint density at radius 2 is 2.18 bits per heavy atom. The minimum Gasteiger partial charge on any atom is -0.345 e. The van der Waals surface area contributed by atoms with E-state index in [-0.39, 0.29) is 24.0 Å². The monoisotopic (exact) mass is 396 g/mol. The number of para-hydroxylation sites is 2. The minimum atomic E-state index is -0.300. The number of H-pyrrole nitrogens is 1. The highest BCUT2D eigenvalue weighted by atomic mass is 32.2. The summed E-state index contributed by atoms with van der Waals surface area (Å²) in [5, 5.41) is 3.18. The van der Waals surface area contributed by atoms with Crippen LogP contribution in [-0.4, -0.2) is 38.9 Å². The van der Waals surface area contributed by atoms with E-state index in [0.717, 1.165) is 34.6 Å². The lowest BCUT2D eigenvalue weighted by atomic mass is 10.0. The van der Waals surface area contributed by atoms with Crippen molar-refractivity contribution in [2.24, 2.45) is 0 Å². The van der Waals surface area contributed by atoms with Gasteiger partial charge in [0.25, 0.3) is 0 Å². The fourth-order valence-electron chi connectivity index (χ4n) is 3.45. The largest absolute Gasteiger partial charge is 0.345 e. The van der Waals surface area contributed by atoms with Crippen LogP contribution in [0.1, 0.15) is 36.3 Å². The average Bonchev–Trinajstić information content (AvgIpc) is 3.39. The number of fused-ring (bicyclic) bond motifs is 1. The molecule has 4 N–H and O–H groups in total. The number of amides is 1. The number of nitrogens with zero attached hydrogens (tertiary/aromatic N) is 2. The third kappa shape index (κ3) is 4.19. The molecule has 1 saturated heterocycles. The number of hydrogen-bond donors (Lipinski definition) is 4. The van der Waals surface area contributed by atoms with Gasteiger partial charge in [-0.1, -0.05) is 18.2 Å². The third-order valence-corrected chi connectivity index (χ3v) is 5.62. The molecule has 1 fully saturated rings. The van der Waals surface area contributed by atoms with Crippen LogP contribution in [0.2, 0.25) is 0 Å². The molecule has 1 aromatic carbocycles. The number of thioether (sulfide) groups is 1. The lowest BCUT2D eigenvalue weighted by Gasteiger charge is -2.19. The van der Waals surface area contributed by atoms with Crippen LogP contribution in [0.25, 0.3) is 11.0 Å². The predicted octanol–water partition coefficient (Wildman–Crippen LogP) is 2.48. The first-order valence-electron chi connectivity index (χ1n) is 9.39. The van der Waals surface area contributed by atoms with Gasteiger partial charge in [0, 0.05) is 18.4 Å². The summed E-state index contributed by atoms with van der Waals surface area (Å²) in [6, 6.07) is 11.5. The van der Waals surface area contributed by atoms with Gasteiger partial charge in [-0.25, -0.2) is 15.8 Å². The lowest BCUT2D eigenvalue weighted by molar-refractivity contribution is -0.123. The molecule has 0 spiro atoms. The molecule has 0 radical (unpaired) electrons. The minimum absolute atomic E-state index is 0.0227. The van der Waals surface area contributed by atoms with E-state index in [1.165, 1.54) is 0 Å². The van der Waals surface area contributed by atoms with Gasteiger partial charge < -0.3 is 10.3 Å². The van der Waals surface area contributed by atoms with Gasteiger partial charge in [0.05, 0.1) is 17.1 Å². The molecule has 4 rings (SSSR count). The average molecular weight is 397 g/mol. The van der Waals surface area contributed by atoms with Crippen molar-refractivity contribution in [2.45, 2.75) is 31.0 Å². The molecule has 1 aliphatic heterocycles. The maximum atomic E-state index is 12.9. The summed E-state index contributed by atoms with van der Waals surface area (Å²) in [4.78, 5) is 25.1. The summed E-state index contributed by atoms with van der Waals surface area (Å²) in [7, 11) is 0. The summed E-state index contributed by atoms with van der Waals surface area (Å²) >= 11 is 1.76. The van der Waals surface area contributed by atoms with Crippen molar-refractivity contribution in [3.05, 3.63) is 60.2 Å². The highest BCUT2D eigenvalue weighted by Gasteiger charge is 2.31. The zero-order valence-electron chi connectivity index (χ0n) is 15.7. The van der Waals surface area contributed by atoms with E-state index in [1.54, 1.807) is 18.0 Å². The van der Waals surface area contributed by atoms with Crippen LogP contribution in [0.3, 0.4) is 0 Å². The molecule has 146 valence electrons. The second-order valence-electron chi connectivity index (χ2n) is 6.90. The number of aromatic amines is 1. The Labute approximate surface area is 168 Å². The standard InChI is InChI=1S/C20H24N6OS/c1-28-10-8-16(19-22-14-6-2-3-7-15(14)23-19)24-20(27)18-11-17(25-26-18)13-5-4-9-21-12-13/h2-7,9,12,16-18,25-26H,8,10-11H2,1H3,(H,22,23)(H,24,27). The maximum Gasteiger partial charge on any atom is 0.239 e. The van der Waals surface area contributed by atoms with Crippen LogP contribution >= 0.6 is 11.8 Å². The molecule has 0 bridgehead atoms. The Morgan fingerprint density at radius 1 is 1.29 bits per heavy atom. The summed E-state index contributed by atoms with van der Waals surface area (Å²) < 4.78 is 0. The molecule has 2 aromatic heterocycles. The Morgan fingerprint density at radius 3 is 2.96 bits per heavy atom. The summed E-state index contributed by atoms with van der Waals surface area (Å²) in [5.41, 5.74) is 9.29. The van der Waals surface area contributed by atoms with Crippen LogP contribution in [0.15, 0.2) is 48.8 Å². The van der Waals surface area contributed by atoms with E-state index < -0.39 is 0 Å². The van der Waals surface area contributed by atoms with Crippen molar-refractivity contribution >= 4 is 28.7 Å². The number of aromatic nitrogens is 3. The van der Waals surface area contributed by atoms with E-state index in [0.29, 0.717) is 6.42 Å². The lowest BCUT2D eigenvalue weighted by Crippen LogP contribution is -2.44. The highest BCUT2D eigenvalue weighted by molar-refractivity contribution is 7.98. The van der Waals surface area contributed by atoms with Crippen molar-refractivity contribution in [3.63, 3.8) is 0 Å². The molecule has 0 aliphatic carbocycles. The Kier molecular flexibility index (Phi) is 5.90. The number of rotatable bonds is 7. The van der Waals surface area contributed by atoms with Crippen molar-refractivity contribution in [3.8, 4) is 0 Å². The van der Waals surface area contributed by atoms with Crippen LogP contribution in [-0.2, 0) is 4.79 Å². The van der Waals surface area contributed by atoms with Crippen LogP contribution in [0.4, 0.5) is 0 Å². The second-order valence-corrected chi connectivity index (χ2v) is 7.88. The number of hydrogen-bond acceptors (Lipinski definition) is 6. The first-order valence-corrected chi connectivity index (χ1v) is 10.8. The Balaban J connectivity index is 1.45. The summed E-state index contributed by atoms with van der Waals surface area (Å²) in [6.07, 6.45) is 7.14. The fourth-order valence-corrected chi connectivity index (χ4v) is 3.92. The van der Waals surface area contributed by atoms with Gasteiger partial charge in [-0.05, 0) is 48.6 Å². The van der Waals surface area contributed by atoms with Crippen LogP contribution in [0.5, 0.6) is 0 Å². The number of carbonyl (C=O) groups excluding carboxylic acids is 1. The van der Waals surface area contributed by atoms with Gasteiger partial charge in [0.2, 0.25) is 5.91 Å². The van der Waals surface area contributed by atoms with E-state index in [1.807, 2.05) is 42.6 Å². The van der Waals surface area contributed by atoms with Gasteiger partial charge >= 0.3 is 0 Å². The van der Waals surface area contributed by atoms with E-state index in [4.69, 9.17) is 0 Å². The summed E-state index contributed by atoms with van der Waals surface area (Å²) in [5.74, 6) is 1.72. The van der Waals surface area contributed by atoms with Crippen molar-refractivity contribution in [1.82, 2.24) is 31.1 Å². The summed E-state index contributed by atoms with van der Waals surface area (Å²) in [6.45, 7) is 0. The first kappa shape index (κ1) is 18.9. The third-order valence-electron chi connectivity index (χ3n) is 4.97. The number of imidazole rings is 1. The number of nitrogens with one attached hydrogen (secondary N) is 4. The molecular formula is C20H24N6OS. The van der Waals surface area contributed by atoms with Gasteiger partial charge in [-0.15, -0.1) is 0 Å². The van der Waals surface area contributed by atoms with Crippen LogP contribution < -0.4 is 16.2 Å². The van der Waals surface area contributed by atoms with Crippen LogP contribution in [0, 0.1) is 0 Å². The van der Waals surface area contributed by atoms with Gasteiger partial charge in [0.1, 0.15) is 11.9 Å². The first-order chi connectivity index (χ1) is 13.7. The number of pyridine rings is 1. The molecule has 3 aromatic rings. The second kappa shape index (κ2) is 8.72. The zero-order valence-corrected chi connectivity index (χ0v) is 16.5. The van der Waals surface area contributed by atoms with Gasteiger partial charge in [0.15, 0.2) is 0 Å². The quantitative estimate of drug-likeness (QED) is 0.490. The topological polar surface area (TPSA) is 94.7 Å². The predicted molar refractivity (Wildman–Crippen MR) is 112 cm³/mol. The Bertz CT molecular complexity index is 898. The van der Waals surface area contributed by atoms with E-state index in [2.05, 4.69) is 37.4 Å². The number of benzene rings is 1. The molecule has 3 unspecified atom stereocenters. The fraction of sp³-hybridized carbons (Fsp3) is 0.350. The van der Waals surface area contributed by atoms with Gasteiger partial charge in [-0.3, -0.25) is 9.78 Å². The maximum absolute atomic E-state index is 12.9. The number of carbonyl (C=O) groups is 1. The normalized spacial score (nSPS) is 20.3. The number of hydrazine groups is 1. The SMILES string of the molecule is CSCCC(NC(=O)C1CC(c2cccnc2)NN1)c1nc2ccccc2[nH]1.